The lowest BCUT2D eigenvalue weighted by molar-refractivity contribution is -0.134. The van der Waals surface area contributed by atoms with Gasteiger partial charge in [-0.25, -0.2) is 0 Å². The van der Waals surface area contributed by atoms with Crippen LogP contribution in [0.2, 0.25) is 0 Å². The fourth-order valence-corrected chi connectivity index (χ4v) is 3.55. The van der Waals surface area contributed by atoms with Gasteiger partial charge in [0.15, 0.2) is 0 Å². The molecule has 0 saturated carbocycles. The first kappa shape index (κ1) is 20.4. The van der Waals surface area contributed by atoms with E-state index >= 15 is 0 Å². The van der Waals surface area contributed by atoms with E-state index in [0.717, 1.165) is 30.7 Å². The van der Waals surface area contributed by atoms with Crippen LogP contribution in [0.15, 0.2) is 59.1 Å². The van der Waals surface area contributed by atoms with Gasteiger partial charge in [0.05, 0.1) is 18.8 Å². The van der Waals surface area contributed by atoms with Crippen LogP contribution in [0.3, 0.4) is 0 Å². The summed E-state index contributed by atoms with van der Waals surface area (Å²) in [5, 5.41) is 2.82. The fourth-order valence-electron chi connectivity index (χ4n) is 3.17. The molecule has 28 heavy (non-hydrogen) atoms. The number of para-hydroxylation sites is 2. The second-order valence-electron chi connectivity index (χ2n) is 6.88. The quantitative estimate of drug-likeness (QED) is 0.743. The number of halogens is 1. The summed E-state index contributed by atoms with van der Waals surface area (Å²) in [4.78, 5) is 30.7. The first-order chi connectivity index (χ1) is 13.5. The molecule has 1 aliphatic heterocycles. The molecule has 3 rings (SSSR count). The molecule has 2 aromatic carbocycles. The lowest BCUT2D eigenvalue weighted by Gasteiger charge is -2.36. The number of hydrogen-bond acceptors (Lipinski definition) is 4. The van der Waals surface area contributed by atoms with Crippen molar-refractivity contribution in [1.29, 1.82) is 0 Å². The van der Waals surface area contributed by atoms with Crippen LogP contribution in [-0.4, -0.2) is 67.9 Å². The van der Waals surface area contributed by atoms with E-state index in [9.17, 15) is 9.59 Å². The molecule has 0 atom stereocenters. The number of amides is 2. The van der Waals surface area contributed by atoms with E-state index < -0.39 is 0 Å². The number of anilines is 2. The average Bonchev–Trinajstić information content (AvgIpc) is 2.71. The topological polar surface area (TPSA) is 55.9 Å². The first-order valence-corrected chi connectivity index (χ1v) is 10.1. The van der Waals surface area contributed by atoms with Crippen molar-refractivity contribution in [2.45, 2.75) is 0 Å². The first-order valence-electron chi connectivity index (χ1n) is 9.33. The summed E-state index contributed by atoms with van der Waals surface area (Å²) >= 11 is 3.40. The Bertz CT molecular complexity index is 807. The summed E-state index contributed by atoms with van der Waals surface area (Å²) in [5.74, 6) is -0.257. The van der Waals surface area contributed by atoms with Crippen LogP contribution in [0.25, 0.3) is 0 Å². The van der Waals surface area contributed by atoms with E-state index in [2.05, 4.69) is 43.2 Å². The Kier molecular flexibility index (Phi) is 7.06. The van der Waals surface area contributed by atoms with Gasteiger partial charge in [-0.1, -0.05) is 30.3 Å². The maximum absolute atomic E-state index is 12.5. The molecule has 7 heteroatoms. The number of benzene rings is 2. The minimum Gasteiger partial charge on any atom is -0.369 e. The lowest BCUT2D eigenvalue weighted by atomic mass is 10.2. The third-order valence-corrected chi connectivity index (χ3v) is 5.50. The van der Waals surface area contributed by atoms with Gasteiger partial charge >= 0.3 is 0 Å². The smallest absolute Gasteiger partial charge is 0.244 e. The Morgan fingerprint density at radius 3 is 2.32 bits per heavy atom. The number of piperazine rings is 1. The average molecular weight is 445 g/mol. The van der Waals surface area contributed by atoms with Crippen molar-refractivity contribution in [1.82, 2.24) is 9.80 Å². The summed E-state index contributed by atoms with van der Waals surface area (Å²) < 4.78 is 0.814. The van der Waals surface area contributed by atoms with Crippen molar-refractivity contribution in [3.8, 4) is 0 Å². The molecule has 1 fully saturated rings. The molecule has 0 spiro atoms. The number of carbonyl (C=O) groups is 2. The number of nitrogens with zero attached hydrogens (tertiary/aromatic N) is 3. The third-order valence-electron chi connectivity index (χ3n) is 4.81. The minimum absolute atomic E-state index is 0.0319. The maximum atomic E-state index is 12.5. The minimum atomic E-state index is -0.211. The standard InChI is InChI=1S/C21H25BrN4O2/c1-24(15-20(27)23-19-10-6-5-9-18(19)22)21(28)16-25-11-13-26(14-12-25)17-7-3-2-4-8-17/h2-10H,11-16H2,1H3,(H,23,27). The van der Waals surface area contributed by atoms with E-state index in [1.54, 1.807) is 7.05 Å². The normalized spacial score (nSPS) is 14.6. The predicted octanol–water partition coefficient (Wildman–Crippen LogP) is 2.67. The van der Waals surface area contributed by atoms with Crippen LogP contribution in [0.1, 0.15) is 0 Å². The zero-order valence-electron chi connectivity index (χ0n) is 16.0. The van der Waals surface area contributed by atoms with E-state index in [4.69, 9.17) is 0 Å². The second-order valence-corrected chi connectivity index (χ2v) is 7.73. The Balaban J connectivity index is 1.43. The summed E-state index contributed by atoms with van der Waals surface area (Å²) in [5.41, 5.74) is 1.92. The van der Waals surface area contributed by atoms with Crippen LogP contribution in [0.5, 0.6) is 0 Å². The monoisotopic (exact) mass is 444 g/mol. The molecule has 0 aliphatic carbocycles. The maximum Gasteiger partial charge on any atom is 0.244 e. The summed E-state index contributed by atoms with van der Waals surface area (Å²) in [7, 11) is 1.67. The van der Waals surface area contributed by atoms with Crippen molar-refractivity contribution < 1.29 is 9.59 Å². The van der Waals surface area contributed by atoms with Gasteiger partial charge in [0.25, 0.3) is 0 Å². The van der Waals surface area contributed by atoms with Crippen LogP contribution in [0, 0.1) is 0 Å². The van der Waals surface area contributed by atoms with Crippen LogP contribution >= 0.6 is 15.9 Å². The van der Waals surface area contributed by atoms with Crippen LogP contribution in [0.4, 0.5) is 11.4 Å². The zero-order chi connectivity index (χ0) is 19.9. The van der Waals surface area contributed by atoms with E-state index in [1.165, 1.54) is 10.6 Å². The van der Waals surface area contributed by atoms with Crippen molar-refractivity contribution in [3.63, 3.8) is 0 Å². The van der Waals surface area contributed by atoms with Crippen molar-refractivity contribution in [2.75, 3.05) is 56.5 Å². The van der Waals surface area contributed by atoms with Crippen LogP contribution < -0.4 is 10.2 Å². The molecule has 6 nitrogen and oxygen atoms in total. The Labute approximate surface area is 174 Å². The Hall–Kier alpha value is -2.38. The molecule has 2 amide bonds. The molecule has 0 unspecified atom stereocenters. The summed E-state index contributed by atoms with van der Waals surface area (Å²) in [6.45, 7) is 3.81. The molecule has 0 bridgehead atoms. The van der Waals surface area contributed by atoms with Gasteiger partial charge in [0.2, 0.25) is 11.8 Å². The van der Waals surface area contributed by atoms with Crippen molar-refractivity contribution in [3.05, 3.63) is 59.1 Å². The molecular formula is C21H25BrN4O2. The van der Waals surface area contributed by atoms with Crippen LogP contribution in [-0.2, 0) is 9.59 Å². The van der Waals surface area contributed by atoms with Crippen molar-refractivity contribution >= 4 is 39.1 Å². The van der Waals surface area contributed by atoms with E-state index in [-0.39, 0.29) is 18.4 Å². The number of hydrogen-bond donors (Lipinski definition) is 1. The van der Waals surface area contributed by atoms with Gasteiger partial charge in [0.1, 0.15) is 0 Å². The number of carbonyl (C=O) groups excluding carboxylic acids is 2. The number of rotatable bonds is 6. The van der Waals surface area contributed by atoms with Crippen molar-refractivity contribution in [2.24, 2.45) is 0 Å². The number of nitrogens with one attached hydrogen (secondary N) is 1. The van der Waals surface area contributed by atoms with Gasteiger partial charge in [-0.05, 0) is 40.2 Å². The highest BCUT2D eigenvalue weighted by atomic mass is 79.9. The van der Waals surface area contributed by atoms with E-state index in [0.29, 0.717) is 12.2 Å². The molecule has 1 saturated heterocycles. The Morgan fingerprint density at radius 2 is 1.64 bits per heavy atom. The zero-order valence-corrected chi connectivity index (χ0v) is 17.6. The molecule has 2 aromatic rings. The predicted molar refractivity (Wildman–Crippen MR) is 116 cm³/mol. The summed E-state index contributed by atoms with van der Waals surface area (Å²) in [6, 6.07) is 17.7. The molecule has 0 aromatic heterocycles. The third kappa shape index (κ3) is 5.56. The molecule has 1 aliphatic rings. The van der Waals surface area contributed by atoms with Gasteiger partial charge < -0.3 is 15.1 Å². The van der Waals surface area contributed by atoms with Gasteiger partial charge in [0, 0.05) is 43.4 Å². The SMILES string of the molecule is CN(CC(=O)Nc1ccccc1Br)C(=O)CN1CCN(c2ccccc2)CC1. The highest BCUT2D eigenvalue weighted by molar-refractivity contribution is 9.10. The molecular weight excluding hydrogens is 420 g/mol. The highest BCUT2D eigenvalue weighted by Gasteiger charge is 2.21. The highest BCUT2D eigenvalue weighted by Crippen LogP contribution is 2.21. The second kappa shape index (κ2) is 9.71. The Morgan fingerprint density at radius 1 is 1.00 bits per heavy atom. The molecule has 148 valence electrons. The largest absolute Gasteiger partial charge is 0.369 e. The number of likely N-dealkylation sites (N-methyl/N-ethyl adjacent to an activating group) is 1. The van der Waals surface area contributed by atoms with E-state index in [1.807, 2.05) is 42.5 Å². The van der Waals surface area contributed by atoms with Gasteiger partial charge in [-0.15, -0.1) is 0 Å². The molecule has 0 radical (unpaired) electrons. The lowest BCUT2D eigenvalue weighted by Crippen LogP contribution is -2.50. The molecule has 1 N–H and O–H groups in total. The molecule has 1 heterocycles. The van der Waals surface area contributed by atoms with Gasteiger partial charge in [-0.2, -0.15) is 0 Å². The fraction of sp³-hybridized carbons (Fsp3) is 0.333. The summed E-state index contributed by atoms with van der Waals surface area (Å²) in [6.07, 6.45) is 0. The van der Waals surface area contributed by atoms with Gasteiger partial charge in [-0.3, -0.25) is 14.5 Å².